The van der Waals surface area contributed by atoms with E-state index in [0.717, 1.165) is 13.0 Å². The minimum atomic E-state index is 0.00736. The number of hydrogen-bond acceptors (Lipinski definition) is 4. The second kappa shape index (κ2) is 6.34. The van der Waals surface area contributed by atoms with E-state index in [4.69, 9.17) is 4.74 Å². The number of nitrogens with one attached hydrogen (secondary N) is 1. The predicted octanol–water partition coefficient (Wildman–Crippen LogP) is -0.556. The number of piperazine rings is 1. The lowest BCUT2D eigenvalue weighted by atomic mass is 10.2. The number of carbonyl (C=O) groups is 2. The van der Waals surface area contributed by atoms with Gasteiger partial charge in [-0.05, 0) is 13.3 Å². The van der Waals surface area contributed by atoms with Gasteiger partial charge in [-0.2, -0.15) is 0 Å². The van der Waals surface area contributed by atoms with Crippen molar-refractivity contribution < 1.29 is 14.3 Å². The maximum absolute atomic E-state index is 12.3. The van der Waals surface area contributed by atoms with Gasteiger partial charge < -0.3 is 19.9 Å². The second-order valence-electron chi connectivity index (χ2n) is 5.27. The fourth-order valence-electron chi connectivity index (χ4n) is 2.55. The maximum atomic E-state index is 12.3. The average Bonchev–Trinajstić information content (AvgIpc) is 2.40. The lowest BCUT2D eigenvalue weighted by Crippen LogP contribution is -2.55. The molecule has 19 heavy (non-hydrogen) atoms. The highest BCUT2D eigenvalue weighted by Crippen LogP contribution is 2.14. The van der Waals surface area contributed by atoms with E-state index < -0.39 is 0 Å². The third kappa shape index (κ3) is 3.67. The van der Waals surface area contributed by atoms with Crippen LogP contribution in [0.25, 0.3) is 0 Å². The Morgan fingerprint density at radius 3 is 2.95 bits per heavy atom. The van der Waals surface area contributed by atoms with Crippen molar-refractivity contribution in [2.75, 3.05) is 39.3 Å². The Kier molecular flexibility index (Phi) is 4.76. The normalized spacial score (nSPS) is 28.6. The molecule has 0 aromatic heterocycles. The molecule has 0 spiro atoms. The summed E-state index contributed by atoms with van der Waals surface area (Å²) in [5, 5.41) is 3.00. The smallest absolute Gasteiger partial charge is 0.242 e. The zero-order chi connectivity index (χ0) is 13.8. The molecular weight excluding hydrogens is 246 g/mol. The van der Waals surface area contributed by atoms with E-state index in [1.54, 1.807) is 4.90 Å². The van der Waals surface area contributed by atoms with Crippen LogP contribution in [0.15, 0.2) is 0 Å². The molecule has 108 valence electrons. The van der Waals surface area contributed by atoms with E-state index >= 15 is 0 Å². The van der Waals surface area contributed by atoms with E-state index in [1.807, 2.05) is 11.8 Å². The van der Waals surface area contributed by atoms with Crippen LogP contribution in [0.2, 0.25) is 0 Å². The standard InChI is InChI=1S/C13H23N3O3/c1-3-11-8-16(7-10(2)19-11)13(18)9-15-5-4-14-6-12(15)17/h10-11,14H,3-9H2,1-2H3/t10-,11-/m1/s1. The van der Waals surface area contributed by atoms with Crippen molar-refractivity contribution >= 4 is 11.8 Å². The number of hydrogen-bond donors (Lipinski definition) is 1. The van der Waals surface area contributed by atoms with Gasteiger partial charge in [-0.3, -0.25) is 9.59 Å². The number of ether oxygens (including phenoxy) is 1. The summed E-state index contributed by atoms with van der Waals surface area (Å²) in [5.74, 6) is 0.0387. The lowest BCUT2D eigenvalue weighted by molar-refractivity contribution is -0.149. The van der Waals surface area contributed by atoms with Gasteiger partial charge in [-0.25, -0.2) is 0 Å². The molecule has 2 amide bonds. The van der Waals surface area contributed by atoms with Crippen molar-refractivity contribution in [3.05, 3.63) is 0 Å². The minimum Gasteiger partial charge on any atom is -0.372 e. The number of morpholine rings is 1. The summed E-state index contributed by atoms with van der Waals surface area (Å²) in [5.41, 5.74) is 0. The second-order valence-corrected chi connectivity index (χ2v) is 5.27. The van der Waals surface area contributed by atoms with Gasteiger partial charge in [0.15, 0.2) is 0 Å². The first-order valence-corrected chi connectivity index (χ1v) is 7.02. The largest absolute Gasteiger partial charge is 0.372 e. The zero-order valence-corrected chi connectivity index (χ0v) is 11.7. The summed E-state index contributed by atoms with van der Waals surface area (Å²) in [4.78, 5) is 27.4. The molecule has 0 bridgehead atoms. The van der Waals surface area contributed by atoms with Crippen LogP contribution in [0.1, 0.15) is 20.3 Å². The molecule has 6 nitrogen and oxygen atoms in total. The zero-order valence-electron chi connectivity index (χ0n) is 11.7. The van der Waals surface area contributed by atoms with Gasteiger partial charge in [0.1, 0.15) is 0 Å². The SMILES string of the molecule is CC[C@@H]1CN(C(=O)CN2CCNCC2=O)C[C@@H](C)O1. The van der Waals surface area contributed by atoms with Crippen LogP contribution in [0.5, 0.6) is 0 Å². The fraction of sp³-hybridized carbons (Fsp3) is 0.846. The fourth-order valence-corrected chi connectivity index (χ4v) is 2.55. The van der Waals surface area contributed by atoms with E-state index in [1.165, 1.54) is 0 Å². The summed E-state index contributed by atoms with van der Waals surface area (Å²) >= 11 is 0. The molecule has 0 aromatic carbocycles. The summed E-state index contributed by atoms with van der Waals surface area (Å²) in [6.07, 6.45) is 1.09. The van der Waals surface area contributed by atoms with Crippen LogP contribution in [-0.4, -0.2) is 73.1 Å². The van der Waals surface area contributed by atoms with E-state index in [0.29, 0.717) is 26.2 Å². The Labute approximate surface area is 114 Å². The van der Waals surface area contributed by atoms with Gasteiger partial charge in [-0.15, -0.1) is 0 Å². The minimum absolute atomic E-state index is 0.00736. The third-order valence-electron chi connectivity index (χ3n) is 3.65. The number of nitrogens with zero attached hydrogens (tertiary/aromatic N) is 2. The molecule has 2 aliphatic heterocycles. The molecule has 2 saturated heterocycles. The van der Waals surface area contributed by atoms with Gasteiger partial charge in [-0.1, -0.05) is 6.92 Å². The first kappa shape index (κ1) is 14.3. The van der Waals surface area contributed by atoms with Crippen LogP contribution < -0.4 is 5.32 Å². The summed E-state index contributed by atoms with van der Waals surface area (Å²) in [7, 11) is 0. The van der Waals surface area contributed by atoms with Gasteiger partial charge >= 0.3 is 0 Å². The maximum Gasteiger partial charge on any atom is 0.242 e. The molecule has 2 rings (SSSR count). The van der Waals surface area contributed by atoms with Crippen molar-refractivity contribution in [1.29, 1.82) is 0 Å². The van der Waals surface area contributed by atoms with E-state index in [2.05, 4.69) is 12.2 Å². The molecule has 0 aromatic rings. The van der Waals surface area contributed by atoms with Gasteiger partial charge in [0.2, 0.25) is 11.8 Å². The predicted molar refractivity (Wildman–Crippen MR) is 70.7 cm³/mol. The average molecular weight is 269 g/mol. The Bertz CT molecular complexity index is 348. The highest BCUT2D eigenvalue weighted by Gasteiger charge is 2.29. The Morgan fingerprint density at radius 2 is 2.26 bits per heavy atom. The van der Waals surface area contributed by atoms with E-state index in [-0.39, 0.29) is 30.6 Å². The molecule has 1 N–H and O–H groups in total. The van der Waals surface area contributed by atoms with Crippen molar-refractivity contribution in [1.82, 2.24) is 15.1 Å². The quantitative estimate of drug-likeness (QED) is 0.746. The molecule has 0 aliphatic carbocycles. The lowest BCUT2D eigenvalue weighted by Gasteiger charge is -2.38. The highest BCUT2D eigenvalue weighted by molar-refractivity contribution is 5.86. The molecule has 0 radical (unpaired) electrons. The van der Waals surface area contributed by atoms with Crippen LogP contribution >= 0.6 is 0 Å². The van der Waals surface area contributed by atoms with Crippen LogP contribution in [-0.2, 0) is 14.3 Å². The molecule has 6 heteroatoms. The molecule has 2 heterocycles. The topological polar surface area (TPSA) is 61.9 Å². The third-order valence-corrected chi connectivity index (χ3v) is 3.65. The van der Waals surface area contributed by atoms with Crippen LogP contribution in [0.4, 0.5) is 0 Å². The number of rotatable bonds is 3. The summed E-state index contributed by atoms with van der Waals surface area (Å²) < 4.78 is 5.74. The molecule has 2 atom stereocenters. The molecular formula is C13H23N3O3. The Balaban J connectivity index is 1.89. The van der Waals surface area contributed by atoms with Crippen molar-refractivity contribution in [3.63, 3.8) is 0 Å². The Morgan fingerprint density at radius 1 is 1.47 bits per heavy atom. The van der Waals surface area contributed by atoms with Crippen molar-refractivity contribution in [3.8, 4) is 0 Å². The summed E-state index contributed by atoms with van der Waals surface area (Å²) in [6, 6.07) is 0. The van der Waals surface area contributed by atoms with E-state index in [9.17, 15) is 9.59 Å². The molecule has 2 fully saturated rings. The molecule has 0 saturated carbocycles. The van der Waals surface area contributed by atoms with Gasteiger partial charge in [0.25, 0.3) is 0 Å². The van der Waals surface area contributed by atoms with Crippen LogP contribution in [0, 0.1) is 0 Å². The monoisotopic (exact) mass is 269 g/mol. The summed E-state index contributed by atoms with van der Waals surface area (Å²) in [6.45, 7) is 7.21. The molecule has 2 aliphatic rings. The highest BCUT2D eigenvalue weighted by atomic mass is 16.5. The first-order chi connectivity index (χ1) is 9.10. The van der Waals surface area contributed by atoms with Crippen LogP contribution in [0.3, 0.4) is 0 Å². The number of amides is 2. The Hall–Kier alpha value is -1.14. The first-order valence-electron chi connectivity index (χ1n) is 7.02. The number of carbonyl (C=O) groups excluding carboxylic acids is 2. The van der Waals surface area contributed by atoms with Crippen molar-refractivity contribution in [2.24, 2.45) is 0 Å². The molecule has 0 unspecified atom stereocenters. The van der Waals surface area contributed by atoms with Crippen molar-refractivity contribution in [2.45, 2.75) is 32.5 Å². The van der Waals surface area contributed by atoms with Gasteiger partial charge in [0.05, 0.1) is 25.3 Å². The van der Waals surface area contributed by atoms with Gasteiger partial charge in [0, 0.05) is 26.2 Å².